The minimum Gasteiger partial charge on any atom is -0.497 e. The number of rotatable bonds is 6. The van der Waals surface area contributed by atoms with Crippen LogP contribution in [0.4, 0.5) is 5.69 Å². The Balaban J connectivity index is 2.50. The van der Waals surface area contributed by atoms with Gasteiger partial charge >= 0.3 is 5.97 Å². The van der Waals surface area contributed by atoms with Crippen molar-refractivity contribution in [2.45, 2.75) is 11.8 Å². The molecule has 0 radical (unpaired) electrons. The Morgan fingerprint density at radius 3 is 2.12 bits per heavy atom. The minimum atomic E-state index is -3.90. The van der Waals surface area contributed by atoms with Crippen LogP contribution in [0.25, 0.3) is 0 Å². The number of benzene rings is 2. The maximum atomic E-state index is 13.0. The van der Waals surface area contributed by atoms with Crippen molar-refractivity contribution in [3.05, 3.63) is 66.4 Å². The second kappa shape index (κ2) is 7.85. The quantitative estimate of drug-likeness (QED) is 0.584. The smallest absolute Gasteiger partial charge is 0.331 e. The van der Waals surface area contributed by atoms with Crippen LogP contribution in [0.2, 0.25) is 0 Å². The summed E-state index contributed by atoms with van der Waals surface area (Å²) in [6.07, 6.45) is 2.22. The predicted octanol–water partition coefficient (Wildman–Crippen LogP) is 2.89. The van der Waals surface area contributed by atoms with Gasteiger partial charge < -0.3 is 9.47 Å². The van der Waals surface area contributed by atoms with Gasteiger partial charge in [0.15, 0.2) is 0 Å². The van der Waals surface area contributed by atoms with E-state index < -0.39 is 16.0 Å². The summed E-state index contributed by atoms with van der Waals surface area (Å²) in [4.78, 5) is 11.5. The largest absolute Gasteiger partial charge is 0.497 e. The number of carbonyl (C=O) groups is 1. The molecule has 0 amide bonds. The molecule has 25 heavy (non-hydrogen) atoms. The van der Waals surface area contributed by atoms with Crippen LogP contribution in [0.3, 0.4) is 0 Å². The Morgan fingerprint density at radius 2 is 1.60 bits per heavy atom. The molecule has 0 fully saturated rings. The molecular formula is C18H19NO5S. The number of ether oxygens (including phenoxy) is 2. The van der Waals surface area contributed by atoms with Crippen LogP contribution in [0.1, 0.15) is 5.56 Å². The molecule has 0 aliphatic carbocycles. The lowest BCUT2D eigenvalue weighted by Crippen LogP contribution is -2.26. The second-order valence-electron chi connectivity index (χ2n) is 5.15. The van der Waals surface area contributed by atoms with Gasteiger partial charge in [-0.3, -0.25) is 0 Å². The predicted molar refractivity (Wildman–Crippen MR) is 95.0 cm³/mol. The van der Waals surface area contributed by atoms with E-state index in [2.05, 4.69) is 4.74 Å². The van der Waals surface area contributed by atoms with E-state index in [0.717, 1.165) is 15.9 Å². The first-order chi connectivity index (χ1) is 11.9. The van der Waals surface area contributed by atoms with Crippen LogP contribution in [0, 0.1) is 6.92 Å². The molecule has 0 heterocycles. The van der Waals surface area contributed by atoms with Gasteiger partial charge in [0.1, 0.15) is 5.75 Å². The monoisotopic (exact) mass is 361 g/mol. The average molecular weight is 361 g/mol. The molecule has 132 valence electrons. The summed E-state index contributed by atoms with van der Waals surface area (Å²) in [7, 11) is -1.15. The number of aryl methyl sites for hydroxylation is 1. The molecule has 0 saturated heterocycles. The van der Waals surface area contributed by atoms with E-state index in [9.17, 15) is 13.2 Å². The first kappa shape index (κ1) is 18.5. The fourth-order valence-electron chi connectivity index (χ4n) is 2.05. The van der Waals surface area contributed by atoms with E-state index in [4.69, 9.17) is 4.74 Å². The SMILES string of the molecule is COC(=O)/C=C/N(c1ccc(OC)cc1)S(=O)(=O)c1ccc(C)cc1. The lowest BCUT2D eigenvalue weighted by atomic mass is 10.2. The lowest BCUT2D eigenvalue weighted by Gasteiger charge is -2.21. The maximum Gasteiger partial charge on any atom is 0.331 e. The number of sulfonamides is 1. The zero-order valence-electron chi connectivity index (χ0n) is 14.2. The van der Waals surface area contributed by atoms with Crippen molar-refractivity contribution in [2.24, 2.45) is 0 Å². The number of carbonyl (C=O) groups excluding carboxylic acids is 1. The fraction of sp³-hybridized carbons (Fsp3) is 0.167. The summed E-state index contributed by atoms with van der Waals surface area (Å²) in [5.41, 5.74) is 1.31. The molecular weight excluding hydrogens is 342 g/mol. The summed E-state index contributed by atoms with van der Waals surface area (Å²) >= 11 is 0. The average Bonchev–Trinajstić information content (AvgIpc) is 2.62. The zero-order chi connectivity index (χ0) is 18.4. The van der Waals surface area contributed by atoms with Gasteiger partial charge in [0, 0.05) is 12.3 Å². The van der Waals surface area contributed by atoms with E-state index in [0.29, 0.717) is 11.4 Å². The van der Waals surface area contributed by atoms with E-state index in [-0.39, 0.29) is 4.90 Å². The number of anilines is 1. The molecule has 6 nitrogen and oxygen atoms in total. The number of hydrogen-bond acceptors (Lipinski definition) is 5. The Labute approximate surface area is 147 Å². The van der Waals surface area contributed by atoms with Crippen LogP contribution in [0.15, 0.2) is 65.7 Å². The van der Waals surface area contributed by atoms with Gasteiger partial charge in [0.25, 0.3) is 10.0 Å². The van der Waals surface area contributed by atoms with Crippen LogP contribution in [-0.2, 0) is 19.6 Å². The van der Waals surface area contributed by atoms with E-state index in [1.54, 1.807) is 36.4 Å². The number of methoxy groups -OCH3 is 2. The van der Waals surface area contributed by atoms with Crippen LogP contribution >= 0.6 is 0 Å². The highest BCUT2D eigenvalue weighted by Gasteiger charge is 2.23. The summed E-state index contributed by atoms with van der Waals surface area (Å²) < 4.78 is 36.6. The van der Waals surface area contributed by atoms with Gasteiger partial charge in [-0.15, -0.1) is 0 Å². The van der Waals surface area contributed by atoms with Crippen molar-refractivity contribution in [3.8, 4) is 5.75 Å². The standard InChI is InChI=1S/C18H19NO5S/c1-14-4-10-17(11-5-14)25(21,22)19(13-12-18(20)24-3)15-6-8-16(23-2)9-7-15/h4-13H,1-3H3/b13-12+. The molecule has 0 aliphatic rings. The highest BCUT2D eigenvalue weighted by molar-refractivity contribution is 7.93. The van der Waals surface area contributed by atoms with Crippen molar-refractivity contribution in [3.63, 3.8) is 0 Å². The molecule has 2 rings (SSSR count). The molecule has 7 heteroatoms. The highest BCUT2D eigenvalue weighted by atomic mass is 32.2. The van der Waals surface area contributed by atoms with Gasteiger partial charge in [0.05, 0.1) is 24.8 Å². The van der Waals surface area contributed by atoms with Crippen molar-refractivity contribution >= 4 is 21.7 Å². The zero-order valence-corrected chi connectivity index (χ0v) is 15.0. The van der Waals surface area contributed by atoms with Crippen molar-refractivity contribution in [2.75, 3.05) is 18.5 Å². The molecule has 0 aromatic heterocycles. The third kappa shape index (κ3) is 4.39. The molecule has 0 bridgehead atoms. The number of hydrogen-bond donors (Lipinski definition) is 0. The Kier molecular flexibility index (Phi) is 5.82. The van der Waals surface area contributed by atoms with Crippen molar-refractivity contribution in [1.29, 1.82) is 0 Å². The molecule has 2 aromatic rings. The Hall–Kier alpha value is -2.80. The summed E-state index contributed by atoms with van der Waals surface area (Å²) in [5, 5.41) is 0. The fourth-order valence-corrected chi connectivity index (χ4v) is 3.38. The van der Waals surface area contributed by atoms with Gasteiger partial charge in [-0.25, -0.2) is 17.5 Å². The summed E-state index contributed by atoms with van der Waals surface area (Å²) in [6, 6.07) is 12.9. The summed E-state index contributed by atoms with van der Waals surface area (Å²) in [6.45, 7) is 1.87. The van der Waals surface area contributed by atoms with Crippen molar-refractivity contribution in [1.82, 2.24) is 0 Å². The highest BCUT2D eigenvalue weighted by Crippen LogP contribution is 2.26. The third-order valence-electron chi connectivity index (χ3n) is 3.45. The molecule has 0 atom stereocenters. The normalized spacial score (nSPS) is 11.3. The molecule has 0 saturated carbocycles. The van der Waals surface area contributed by atoms with Crippen LogP contribution in [-0.4, -0.2) is 28.6 Å². The Bertz CT molecular complexity index is 855. The topological polar surface area (TPSA) is 72.9 Å². The molecule has 0 unspecified atom stereocenters. The van der Waals surface area contributed by atoms with E-state index in [1.807, 2.05) is 6.92 Å². The van der Waals surface area contributed by atoms with E-state index >= 15 is 0 Å². The van der Waals surface area contributed by atoms with Gasteiger partial charge in [-0.1, -0.05) is 17.7 Å². The molecule has 0 aliphatic heterocycles. The minimum absolute atomic E-state index is 0.114. The molecule has 0 N–H and O–H groups in total. The van der Waals surface area contributed by atoms with Crippen molar-refractivity contribution < 1.29 is 22.7 Å². The van der Waals surface area contributed by atoms with Gasteiger partial charge in [-0.2, -0.15) is 0 Å². The number of nitrogens with zero attached hydrogens (tertiary/aromatic N) is 1. The lowest BCUT2D eigenvalue weighted by molar-refractivity contribution is -0.134. The second-order valence-corrected chi connectivity index (χ2v) is 6.97. The number of esters is 1. The Morgan fingerprint density at radius 1 is 1.00 bits per heavy atom. The first-order valence-corrected chi connectivity index (χ1v) is 8.84. The maximum absolute atomic E-state index is 13.0. The molecule has 2 aromatic carbocycles. The van der Waals surface area contributed by atoms with E-state index in [1.165, 1.54) is 32.6 Å². The van der Waals surface area contributed by atoms with Gasteiger partial charge in [0.2, 0.25) is 0 Å². The molecule has 0 spiro atoms. The summed E-state index contributed by atoms with van der Waals surface area (Å²) in [5.74, 6) is -0.0639. The first-order valence-electron chi connectivity index (χ1n) is 7.40. The van der Waals surface area contributed by atoms with Crippen LogP contribution in [0.5, 0.6) is 5.75 Å². The third-order valence-corrected chi connectivity index (χ3v) is 5.17. The van der Waals surface area contributed by atoms with Gasteiger partial charge in [-0.05, 0) is 43.3 Å². The van der Waals surface area contributed by atoms with Crippen LogP contribution < -0.4 is 9.04 Å².